The molecule has 0 aromatic carbocycles. The van der Waals surface area contributed by atoms with Crippen LogP contribution in [0.1, 0.15) is 35.3 Å². The van der Waals surface area contributed by atoms with E-state index < -0.39 is 12.1 Å². The second kappa shape index (κ2) is 11.8. The molecule has 0 spiro atoms. The summed E-state index contributed by atoms with van der Waals surface area (Å²) in [5.74, 6) is 5.83. The van der Waals surface area contributed by atoms with E-state index in [0.29, 0.717) is 18.7 Å². The van der Waals surface area contributed by atoms with Gasteiger partial charge in [-0.1, -0.05) is 18.8 Å². The van der Waals surface area contributed by atoms with Crippen LogP contribution in [0.2, 0.25) is 0 Å². The maximum absolute atomic E-state index is 13.5. The third kappa shape index (κ3) is 6.78. The number of likely N-dealkylation sites (N-methyl/N-ethyl adjacent to an activating group) is 2. The summed E-state index contributed by atoms with van der Waals surface area (Å²) in [5, 5.41) is 9.81. The second-order valence-electron chi connectivity index (χ2n) is 9.20. The first kappa shape index (κ1) is 26.1. The summed E-state index contributed by atoms with van der Waals surface area (Å²) in [7, 11) is 5.43. The molecule has 2 aromatic heterocycles. The van der Waals surface area contributed by atoms with E-state index in [0.717, 1.165) is 5.56 Å². The summed E-state index contributed by atoms with van der Waals surface area (Å²) in [6.45, 7) is 4.59. The minimum atomic E-state index is -0.397. The van der Waals surface area contributed by atoms with Crippen molar-refractivity contribution in [3.8, 4) is 17.7 Å². The van der Waals surface area contributed by atoms with Gasteiger partial charge in [0.05, 0.1) is 25.7 Å². The predicted octanol–water partition coefficient (Wildman–Crippen LogP) is 1.12. The number of carbonyl (C=O) groups excluding carboxylic acids is 2. The van der Waals surface area contributed by atoms with Gasteiger partial charge in [0.15, 0.2) is 0 Å². The minimum Gasteiger partial charge on any atom is -0.472 e. The lowest BCUT2D eigenvalue weighted by atomic mass is 10.00. The highest BCUT2D eigenvalue weighted by atomic mass is 16.5. The highest BCUT2D eigenvalue weighted by molar-refractivity contribution is 5.97. The van der Waals surface area contributed by atoms with E-state index >= 15 is 0 Å². The van der Waals surface area contributed by atoms with Crippen LogP contribution in [0, 0.1) is 17.8 Å². The Labute approximate surface area is 206 Å². The van der Waals surface area contributed by atoms with Gasteiger partial charge in [-0.3, -0.25) is 14.6 Å². The van der Waals surface area contributed by atoms with Crippen LogP contribution >= 0.6 is 0 Å². The third-order valence-electron chi connectivity index (χ3n) is 5.86. The molecule has 1 aliphatic heterocycles. The molecule has 35 heavy (non-hydrogen) atoms. The summed E-state index contributed by atoms with van der Waals surface area (Å²) >= 11 is 0. The number of aliphatic hydroxyl groups is 1. The molecule has 0 saturated carbocycles. The van der Waals surface area contributed by atoms with Crippen molar-refractivity contribution in [1.29, 1.82) is 0 Å². The fraction of sp³-hybridized carbons (Fsp3) is 0.462. The number of carbonyl (C=O) groups is 2. The first-order valence-corrected chi connectivity index (χ1v) is 11.6. The van der Waals surface area contributed by atoms with Gasteiger partial charge in [-0.05, 0) is 39.2 Å². The summed E-state index contributed by atoms with van der Waals surface area (Å²) in [6.07, 6.45) is 4.51. The van der Waals surface area contributed by atoms with Crippen molar-refractivity contribution in [1.82, 2.24) is 24.7 Å². The van der Waals surface area contributed by atoms with E-state index in [1.54, 1.807) is 54.5 Å². The number of hydrogen-bond acceptors (Lipinski definition) is 7. The normalized spacial score (nSPS) is 18.5. The van der Waals surface area contributed by atoms with Crippen molar-refractivity contribution in [3.63, 3.8) is 0 Å². The number of hydrogen-bond donors (Lipinski definition) is 1. The van der Waals surface area contributed by atoms with Gasteiger partial charge in [0, 0.05) is 49.2 Å². The van der Waals surface area contributed by atoms with E-state index in [2.05, 4.69) is 21.8 Å². The molecule has 2 aromatic rings. The molecule has 1 aliphatic rings. The van der Waals surface area contributed by atoms with Gasteiger partial charge in [-0.15, -0.1) is 0 Å². The maximum atomic E-state index is 13.5. The Hall–Kier alpha value is -3.48. The van der Waals surface area contributed by atoms with Gasteiger partial charge >= 0.3 is 0 Å². The van der Waals surface area contributed by atoms with Crippen LogP contribution in [0.25, 0.3) is 0 Å². The van der Waals surface area contributed by atoms with Gasteiger partial charge in [0.1, 0.15) is 11.7 Å². The lowest BCUT2D eigenvalue weighted by molar-refractivity contribution is -0.132. The summed E-state index contributed by atoms with van der Waals surface area (Å²) in [6, 6.07) is 4.92. The SMILES string of the molecule is C[C@H]1CN([C@@H](C)CO)C(=O)c2cc(C#Cc3cccnc3)cnc2O[C@@H]1CN(C)C(=O)CN(C)C. The van der Waals surface area contributed by atoms with Crippen LogP contribution in [0.3, 0.4) is 0 Å². The number of nitrogens with zero attached hydrogens (tertiary/aromatic N) is 5. The summed E-state index contributed by atoms with van der Waals surface area (Å²) < 4.78 is 6.24. The Bertz CT molecular complexity index is 1100. The average molecular weight is 480 g/mol. The number of pyridine rings is 2. The van der Waals surface area contributed by atoms with Crippen LogP contribution < -0.4 is 4.74 Å². The zero-order valence-electron chi connectivity index (χ0n) is 20.9. The van der Waals surface area contributed by atoms with Crippen LogP contribution in [0.5, 0.6) is 5.88 Å². The van der Waals surface area contributed by atoms with Crippen molar-refractivity contribution in [3.05, 3.63) is 53.5 Å². The van der Waals surface area contributed by atoms with Crippen molar-refractivity contribution in [2.75, 3.05) is 47.4 Å². The zero-order valence-corrected chi connectivity index (χ0v) is 20.9. The zero-order chi connectivity index (χ0) is 25.5. The molecule has 2 amide bonds. The first-order valence-electron chi connectivity index (χ1n) is 11.6. The standard InChI is InChI=1S/C26H33N5O4/c1-18-14-31(19(2)17-32)26(34)22-11-21(9-8-20-7-6-10-27-12-20)13-28-25(22)35-23(18)15-30(5)24(33)16-29(3)4/h6-7,10-13,18-19,23,32H,14-17H2,1-5H3/t18-,19-,23+/m0/s1. The second-order valence-corrected chi connectivity index (χ2v) is 9.20. The average Bonchev–Trinajstić information content (AvgIpc) is 2.84. The van der Waals surface area contributed by atoms with Gasteiger partial charge in [0.2, 0.25) is 11.8 Å². The minimum absolute atomic E-state index is 0.0290. The van der Waals surface area contributed by atoms with Crippen LogP contribution in [0.15, 0.2) is 36.8 Å². The van der Waals surface area contributed by atoms with Crippen LogP contribution in [-0.2, 0) is 4.79 Å². The van der Waals surface area contributed by atoms with Gasteiger partial charge < -0.3 is 24.5 Å². The smallest absolute Gasteiger partial charge is 0.259 e. The number of rotatable bonds is 6. The molecule has 186 valence electrons. The van der Waals surface area contributed by atoms with E-state index in [1.807, 2.05) is 32.0 Å². The molecular weight excluding hydrogens is 446 g/mol. The quantitative estimate of drug-likeness (QED) is 0.620. The van der Waals surface area contributed by atoms with Crippen molar-refractivity contribution in [2.24, 2.45) is 5.92 Å². The molecule has 3 rings (SSSR count). The van der Waals surface area contributed by atoms with Crippen molar-refractivity contribution >= 4 is 11.8 Å². The molecule has 9 heteroatoms. The number of amides is 2. The topological polar surface area (TPSA) is 99.1 Å². The Morgan fingerprint density at radius 1 is 1.29 bits per heavy atom. The Kier molecular flexibility index (Phi) is 8.79. The molecule has 0 aliphatic carbocycles. The largest absolute Gasteiger partial charge is 0.472 e. The number of aliphatic hydroxyl groups excluding tert-OH is 1. The predicted molar refractivity (Wildman–Crippen MR) is 132 cm³/mol. The lowest BCUT2D eigenvalue weighted by Gasteiger charge is -2.37. The summed E-state index contributed by atoms with van der Waals surface area (Å²) in [4.78, 5) is 39.6. The van der Waals surface area contributed by atoms with Gasteiger partial charge in [-0.25, -0.2) is 4.98 Å². The van der Waals surface area contributed by atoms with E-state index in [-0.39, 0.29) is 42.3 Å². The molecule has 3 heterocycles. The fourth-order valence-corrected chi connectivity index (χ4v) is 3.73. The third-order valence-corrected chi connectivity index (χ3v) is 5.86. The Morgan fingerprint density at radius 3 is 2.69 bits per heavy atom. The number of fused-ring (bicyclic) bond motifs is 1. The van der Waals surface area contributed by atoms with Crippen LogP contribution in [-0.4, -0.2) is 101 Å². The molecule has 3 atom stereocenters. The molecule has 0 bridgehead atoms. The van der Waals surface area contributed by atoms with Crippen LogP contribution in [0.4, 0.5) is 0 Å². The summed E-state index contributed by atoms with van der Waals surface area (Å²) in [5.41, 5.74) is 1.59. The molecular formula is C26H33N5O4. The molecule has 0 fully saturated rings. The van der Waals surface area contributed by atoms with Gasteiger partial charge in [0.25, 0.3) is 5.91 Å². The maximum Gasteiger partial charge on any atom is 0.259 e. The molecule has 0 saturated heterocycles. The lowest BCUT2D eigenvalue weighted by Crippen LogP contribution is -2.51. The Balaban J connectivity index is 1.95. The first-order chi connectivity index (χ1) is 16.7. The highest BCUT2D eigenvalue weighted by Crippen LogP contribution is 2.27. The van der Waals surface area contributed by atoms with Crippen molar-refractivity contribution < 1.29 is 19.4 Å². The molecule has 0 radical (unpaired) electrons. The van der Waals surface area contributed by atoms with E-state index in [1.165, 1.54) is 0 Å². The van der Waals surface area contributed by atoms with Gasteiger partial charge in [-0.2, -0.15) is 0 Å². The molecule has 0 unspecified atom stereocenters. The highest BCUT2D eigenvalue weighted by Gasteiger charge is 2.34. The molecule has 9 nitrogen and oxygen atoms in total. The van der Waals surface area contributed by atoms with E-state index in [4.69, 9.17) is 4.74 Å². The van der Waals surface area contributed by atoms with E-state index in [9.17, 15) is 14.7 Å². The number of ether oxygens (including phenoxy) is 1. The number of aromatic nitrogens is 2. The monoisotopic (exact) mass is 479 g/mol. The molecule has 1 N–H and O–H groups in total. The fourth-order valence-electron chi connectivity index (χ4n) is 3.73. The Morgan fingerprint density at radius 2 is 2.03 bits per heavy atom. The van der Waals surface area contributed by atoms with Crippen molar-refractivity contribution in [2.45, 2.75) is 26.0 Å².